The van der Waals surface area contributed by atoms with Crippen molar-refractivity contribution in [1.82, 2.24) is 5.32 Å². The van der Waals surface area contributed by atoms with E-state index in [2.05, 4.69) is 17.9 Å². The molecule has 0 saturated carbocycles. The minimum atomic E-state index is -0.310. The SMILES string of the molecule is CC(Cc1ccc(F)cc1)NC(=O)C(C)S. The highest BCUT2D eigenvalue weighted by atomic mass is 32.1. The lowest BCUT2D eigenvalue weighted by atomic mass is 10.1. The van der Waals surface area contributed by atoms with Crippen LogP contribution in [0.15, 0.2) is 24.3 Å². The molecule has 1 rings (SSSR count). The van der Waals surface area contributed by atoms with E-state index in [0.717, 1.165) is 5.56 Å². The molecule has 88 valence electrons. The summed E-state index contributed by atoms with van der Waals surface area (Å²) in [7, 11) is 0. The van der Waals surface area contributed by atoms with Crippen LogP contribution in [-0.2, 0) is 11.2 Å². The summed E-state index contributed by atoms with van der Waals surface area (Å²) in [6.07, 6.45) is 0.687. The molecule has 1 aromatic rings. The second-order valence-corrected chi connectivity index (χ2v) is 4.69. The standard InChI is InChI=1S/C12H16FNOS/c1-8(14-12(15)9(2)16)7-10-3-5-11(13)6-4-10/h3-6,8-9,16H,7H2,1-2H3,(H,14,15). The van der Waals surface area contributed by atoms with E-state index in [1.807, 2.05) is 6.92 Å². The van der Waals surface area contributed by atoms with Crippen LogP contribution in [0.25, 0.3) is 0 Å². The number of rotatable bonds is 4. The lowest BCUT2D eigenvalue weighted by Crippen LogP contribution is -2.38. The summed E-state index contributed by atoms with van der Waals surface area (Å²) in [5.74, 6) is -0.331. The second-order valence-electron chi connectivity index (χ2n) is 3.92. The predicted molar refractivity (Wildman–Crippen MR) is 66.2 cm³/mol. The van der Waals surface area contributed by atoms with Gasteiger partial charge < -0.3 is 5.32 Å². The number of benzene rings is 1. The zero-order chi connectivity index (χ0) is 12.1. The average molecular weight is 241 g/mol. The van der Waals surface area contributed by atoms with Gasteiger partial charge in [-0.05, 0) is 38.0 Å². The lowest BCUT2D eigenvalue weighted by molar-refractivity contribution is -0.120. The van der Waals surface area contributed by atoms with Crippen LogP contribution in [0.3, 0.4) is 0 Å². The van der Waals surface area contributed by atoms with E-state index in [9.17, 15) is 9.18 Å². The van der Waals surface area contributed by atoms with Gasteiger partial charge in [-0.3, -0.25) is 4.79 Å². The molecule has 4 heteroatoms. The molecular formula is C12H16FNOS. The molecule has 0 fully saturated rings. The predicted octanol–water partition coefficient (Wildman–Crippen LogP) is 2.19. The quantitative estimate of drug-likeness (QED) is 0.777. The normalized spacial score (nSPS) is 14.2. The highest BCUT2D eigenvalue weighted by Gasteiger charge is 2.11. The smallest absolute Gasteiger partial charge is 0.232 e. The largest absolute Gasteiger partial charge is 0.352 e. The Hall–Kier alpha value is -1.03. The van der Waals surface area contributed by atoms with Crippen LogP contribution in [0.1, 0.15) is 19.4 Å². The topological polar surface area (TPSA) is 29.1 Å². The molecule has 0 heterocycles. The number of nitrogens with one attached hydrogen (secondary N) is 1. The maximum atomic E-state index is 12.7. The average Bonchev–Trinajstić information content (AvgIpc) is 2.21. The lowest BCUT2D eigenvalue weighted by Gasteiger charge is -2.15. The van der Waals surface area contributed by atoms with Crippen molar-refractivity contribution < 1.29 is 9.18 Å². The van der Waals surface area contributed by atoms with Crippen molar-refractivity contribution in [3.63, 3.8) is 0 Å². The second kappa shape index (κ2) is 5.89. The Morgan fingerprint density at radius 3 is 2.44 bits per heavy atom. The van der Waals surface area contributed by atoms with E-state index in [-0.39, 0.29) is 23.0 Å². The summed E-state index contributed by atoms with van der Waals surface area (Å²) in [4.78, 5) is 11.4. The molecule has 2 atom stereocenters. The zero-order valence-electron chi connectivity index (χ0n) is 9.40. The zero-order valence-corrected chi connectivity index (χ0v) is 10.3. The van der Waals surface area contributed by atoms with Gasteiger partial charge in [0.2, 0.25) is 5.91 Å². The van der Waals surface area contributed by atoms with Crippen molar-refractivity contribution in [2.24, 2.45) is 0 Å². The van der Waals surface area contributed by atoms with Gasteiger partial charge in [-0.1, -0.05) is 12.1 Å². The first kappa shape index (κ1) is 13.0. The number of amides is 1. The van der Waals surface area contributed by atoms with Gasteiger partial charge in [0.05, 0.1) is 5.25 Å². The first-order chi connectivity index (χ1) is 7.49. The molecule has 0 aliphatic heterocycles. The molecule has 1 N–H and O–H groups in total. The van der Waals surface area contributed by atoms with Crippen LogP contribution in [0.5, 0.6) is 0 Å². The van der Waals surface area contributed by atoms with Crippen LogP contribution >= 0.6 is 12.6 Å². The van der Waals surface area contributed by atoms with Crippen molar-refractivity contribution in [3.05, 3.63) is 35.6 Å². The van der Waals surface area contributed by atoms with E-state index < -0.39 is 0 Å². The first-order valence-electron chi connectivity index (χ1n) is 5.22. The van der Waals surface area contributed by atoms with E-state index in [0.29, 0.717) is 6.42 Å². The summed E-state index contributed by atoms with van der Waals surface area (Å²) >= 11 is 4.05. The molecular weight excluding hydrogens is 225 g/mol. The van der Waals surface area contributed by atoms with Crippen LogP contribution in [-0.4, -0.2) is 17.2 Å². The van der Waals surface area contributed by atoms with Crippen LogP contribution < -0.4 is 5.32 Å². The molecule has 2 nitrogen and oxygen atoms in total. The fraction of sp³-hybridized carbons (Fsp3) is 0.417. The number of hydrogen-bond donors (Lipinski definition) is 2. The van der Waals surface area contributed by atoms with Gasteiger partial charge in [0.25, 0.3) is 0 Å². The summed E-state index contributed by atoms with van der Waals surface area (Å²) < 4.78 is 12.7. The van der Waals surface area contributed by atoms with Crippen molar-refractivity contribution in [3.8, 4) is 0 Å². The fourth-order valence-corrected chi connectivity index (χ4v) is 1.46. The number of thiol groups is 1. The van der Waals surface area contributed by atoms with Crippen molar-refractivity contribution in [2.75, 3.05) is 0 Å². The minimum absolute atomic E-state index is 0.0209. The third-order valence-corrected chi connectivity index (χ3v) is 2.46. The van der Waals surface area contributed by atoms with Gasteiger partial charge in [-0.15, -0.1) is 0 Å². The Bertz CT molecular complexity index is 351. The van der Waals surface area contributed by atoms with Gasteiger partial charge >= 0.3 is 0 Å². The number of hydrogen-bond acceptors (Lipinski definition) is 2. The maximum Gasteiger partial charge on any atom is 0.232 e. The van der Waals surface area contributed by atoms with Crippen LogP contribution in [0.2, 0.25) is 0 Å². The summed E-state index contributed by atoms with van der Waals surface area (Å²) in [6, 6.07) is 6.31. The van der Waals surface area contributed by atoms with E-state index in [4.69, 9.17) is 0 Å². The van der Waals surface area contributed by atoms with Crippen molar-refractivity contribution >= 4 is 18.5 Å². The van der Waals surface area contributed by atoms with Crippen molar-refractivity contribution in [2.45, 2.75) is 31.6 Å². The Labute approximate surface area is 101 Å². The Balaban J connectivity index is 2.48. The van der Waals surface area contributed by atoms with E-state index >= 15 is 0 Å². The molecule has 2 unspecified atom stereocenters. The van der Waals surface area contributed by atoms with Gasteiger partial charge in [0, 0.05) is 6.04 Å². The molecule has 0 aliphatic carbocycles. The van der Waals surface area contributed by atoms with E-state index in [1.54, 1.807) is 19.1 Å². The summed E-state index contributed by atoms with van der Waals surface area (Å²) in [5.41, 5.74) is 1.00. The molecule has 1 amide bonds. The van der Waals surface area contributed by atoms with Crippen LogP contribution in [0, 0.1) is 5.82 Å². The molecule has 0 spiro atoms. The number of carbonyl (C=O) groups excluding carboxylic acids is 1. The monoisotopic (exact) mass is 241 g/mol. The molecule has 1 aromatic carbocycles. The Morgan fingerprint density at radius 2 is 1.94 bits per heavy atom. The molecule has 0 aliphatic rings. The molecule has 0 bridgehead atoms. The summed E-state index contributed by atoms with van der Waals surface area (Å²) in [6.45, 7) is 3.64. The molecule has 16 heavy (non-hydrogen) atoms. The Kier molecular flexibility index (Phi) is 4.80. The third kappa shape index (κ3) is 4.23. The first-order valence-corrected chi connectivity index (χ1v) is 5.73. The Morgan fingerprint density at radius 1 is 1.38 bits per heavy atom. The molecule has 0 radical (unpaired) electrons. The van der Waals surface area contributed by atoms with Gasteiger partial charge in [-0.2, -0.15) is 12.6 Å². The van der Waals surface area contributed by atoms with Crippen LogP contribution in [0.4, 0.5) is 4.39 Å². The van der Waals surface area contributed by atoms with Gasteiger partial charge in [0.15, 0.2) is 0 Å². The highest BCUT2D eigenvalue weighted by molar-refractivity contribution is 7.81. The maximum absolute atomic E-state index is 12.7. The van der Waals surface area contributed by atoms with E-state index in [1.165, 1.54) is 12.1 Å². The molecule has 0 saturated heterocycles. The minimum Gasteiger partial charge on any atom is -0.352 e. The van der Waals surface area contributed by atoms with Gasteiger partial charge in [-0.25, -0.2) is 4.39 Å². The summed E-state index contributed by atoms with van der Waals surface area (Å²) in [5, 5.41) is 2.52. The number of carbonyl (C=O) groups is 1. The number of halogens is 1. The highest BCUT2D eigenvalue weighted by Crippen LogP contribution is 2.06. The molecule has 0 aromatic heterocycles. The fourth-order valence-electron chi connectivity index (χ4n) is 1.39. The van der Waals surface area contributed by atoms with Gasteiger partial charge in [0.1, 0.15) is 5.82 Å². The third-order valence-electron chi connectivity index (χ3n) is 2.22. The van der Waals surface area contributed by atoms with Crippen molar-refractivity contribution in [1.29, 1.82) is 0 Å².